The Morgan fingerprint density at radius 3 is 2.33 bits per heavy atom. The van der Waals surface area contributed by atoms with E-state index in [-0.39, 0.29) is 57.4 Å². The maximum Gasteiger partial charge on any atom is 1.00 e. The van der Waals surface area contributed by atoms with Crippen LogP contribution in [0.3, 0.4) is 0 Å². The molecule has 78 valence electrons. The molecule has 0 atom stereocenters. The smallest absolute Gasteiger partial charge is 0.444 e. The fraction of sp³-hybridized carbons (Fsp3) is 0.625. The van der Waals surface area contributed by atoms with E-state index >= 15 is 0 Å². The van der Waals surface area contributed by atoms with E-state index in [4.69, 9.17) is 0 Å². The fourth-order valence-corrected chi connectivity index (χ4v) is 1.90. The molecule has 0 aromatic carbocycles. The van der Waals surface area contributed by atoms with Gasteiger partial charge in [-0.05, 0) is 12.8 Å². The van der Waals surface area contributed by atoms with E-state index in [2.05, 4.69) is 5.10 Å². The molecule has 0 N–H and O–H groups in total. The molecule has 15 heavy (non-hydrogen) atoms. The van der Waals surface area contributed by atoms with E-state index in [9.17, 15) is 12.9 Å². The van der Waals surface area contributed by atoms with E-state index < -0.39 is 12.6 Å². The maximum atomic E-state index is 12.3. The molecule has 2 nitrogen and oxygen atoms in total. The summed E-state index contributed by atoms with van der Waals surface area (Å²) in [6, 6.07) is 1.25. The molecule has 0 radical (unpaired) electrons. The third-order valence-electron chi connectivity index (χ3n) is 2.66. The number of rotatable bonds is 2. The van der Waals surface area contributed by atoms with Crippen molar-refractivity contribution in [3.8, 4) is 0 Å². The second-order valence-electron chi connectivity index (χ2n) is 3.73. The average Bonchev–Trinajstić information content (AvgIpc) is 2.73. The standard InChI is InChI=1S/C8H11BF3N2.K/c10-9(11,12)8-5-6-14(13-8)7-3-1-2-4-7;/h5-7H,1-4H2;/q-1;+1. The van der Waals surface area contributed by atoms with E-state index in [0.717, 1.165) is 31.7 Å². The number of hydrogen-bond acceptors (Lipinski definition) is 1. The van der Waals surface area contributed by atoms with Crippen LogP contribution >= 0.6 is 0 Å². The minimum absolute atomic E-state index is 0. The molecular weight excluding hydrogens is 231 g/mol. The van der Waals surface area contributed by atoms with Crippen LogP contribution in [0.2, 0.25) is 0 Å². The van der Waals surface area contributed by atoms with Crippen molar-refractivity contribution in [3.05, 3.63) is 12.3 Å². The summed E-state index contributed by atoms with van der Waals surface area (Å²) < 4.78 is 38.3. The molecule has 1 saturated carbocycles. The molecule has 0 amide bonds. The van der Waals surface area contributed by atoms with Crippen LogP contribution in [0.1, 0.15) is 31.7 Å². The molecule has 1 fully saturated rings. The van der Waals surface area contributed by atoms with Crippen molar-refractivity contribution in [1.82, 2.24) is 9.78 Å². The molecule has 1 heterocycles. The normalized spacial score (nSPS) is 17.8. The topological polar surface area (TPSA) is 17.8 Å². The molecule has 1 aromatic heterocycles. The molecule has 1 aromatic rings. The molecule has 1 aliphatic rings. The summed E-state index contributed by atoms with van der Waals surface area (Å²) in [7, 11) is 0. The zero-order chi connectivity index (χ0) is 10.2. The molecular formula is C8H11BF3KN2. The third kappa shape index (κ3) is 3.33. The van der Waals surface area contributed by atoms with Gasteiger partial charge in [0.25, 0.3) is 0 Å². The Morgan fingerprint density at radius 2 is 1.87 bits per heavy atom. The first-order chi connectivity index (χ1) is 6.57. The van der Waals surface area contributed by atoms with Crippen molar-refractivity contribution in [2.75, 3.05) is 0 Å². The molecule has 0 saturated heterocycles. The van der Waals surface area contributed by atoms with Crippen LogP contribution < -0.4 is 57.0 Å². The second kappa shape index (κ2) is 5.36. The predicted molar refractivity (Wildman–Crippen MR) is 48.4 cm³/mol. The molecule has 0 spiro atoms. The van der Waals surface area contributed by atoms with Crippen molar-refractivity contribution >= 4 is 12.6 Å². The summed E-state index contributed by atoms with van der Waals surface area (Å²) in [5.74, 6) is 0. The number of hydrogen-bond donors (Lipinski definition) is 0. The van der Waals surface area contributed by atoms with Gasteiger partial charge in [0, 0.05) is 11.8 Å². The first-order valence-corrected chi connectivity index (χ1v) is 4.82. The van der Waals surface area contributed by atoms with Gasteiger partial charge in [-0.15, -0.1) is 0 Å². The van der Waals surface area contributed by atoms with Crippen LogP contribution in [0.4, 0.5) is 12.9 Å². The summed E-state index contributed by atoms with van der Waals surface area (Å²) >= 11 is 0. The van der Waals surface area contributed by atoms with Gasteiger partial charge in [0.15, 0.2) is 0 Å². The summed E-state index contributed by atoms with van der Waals surface area (Å²) in [6.07, 6.45) is 5.53. The molecule has 0 unspecified atom stereocenters. The van der Waals surface area contributed by atoms with Gasteiger partial charge >= 0.3 is 58.4 Å². The van der Waals surface area contributed by atoms with Crippen LogP contribution in [-0.4, -0.2) is 16.8 Å². The van der Waals surface area contributed by atoms with E-state index in [1.807, 2.05) is 0 Å². The molecule has 2 rings (SSSR count). The maximum absolute atomic E-state index is 12.3. The van der Waals surface area contributed by atoms with E-state index in [0.29, 0.717) is 0 Å². The van der Waals surface area contributed by atoms with Gasteiger partial charge in [-0.3, -0.25) is 4.68 Å². The van der Waals surface area contributed by atoms with Crippen LogP contribution in [0.5, 0.6) is 0 Å². The van der Waals surface area contributed by atoms with E-state index in [1.54, 1.807) is 0 Å². The van der Waals surface area contributed by atoms with Crippen LogP contribution in [0.15, 0.2) is 12.3 Å². The first kappa shape index (κ1) is 13.8. The Balaban J connectivity index is 0.00000112. The van der Waals surface area contributed by atoms with Gasteiger partial charge in [0.1, 0.15) is 0 Å². The second-order valence-corrected chi connectivity index (χ2v) is 3.73. The molecule has 7 heteroatoms. The predicted octanol–water partition coefficient (Wildman–Crippen LogP) is -0.943. The zero-order valence-corrected chi connectivity index (χ0v) is 11.8. The van der Waals surface area contributed by atoms with Gasteiger partial charge in [-0.1, -0.05) is 18.9 Å². The van der Waals surface area contributed by atoms with Gasteiger partial charge < -0.3 is 12.9 Å². The Kier molecular flexibility index (Phi) is 4.91. The van der Waals surface area contributed by atoms with E-state index in [1.165, 1.54) is 10.9 Å². The average molecular weight is 242 g/mol. The van der Waals surface area contributed by atoms with Crippen LogP contribution in [-0.2, 0) is 0 Å². The Morgan fingerprint density at radius 1 is 1.27 bits per heavy atom. The summed E-state index contributed by atoms with van der Waals surface area (Å²) in [6.45, 7) is -4.94. The Bertz CT molecular complexity index is 320. The monoisotopic (exact) mass is 242 g/mol. The SMILES string of the molecule is F[B-](F)(F)c1ccn(C2CCCC2)n1.[K+]. The summed E-state index contributed by atoms with van der Waals surface area (Å²) in [4.78, 5) is 0. The van der Waals surface area contributed by atoms with Crippen molar-refractivity contribution < 1.29 is 64.3 Å². The van der Waals surface area contributed by atoms with Crippen molar-refractivity contribution in [2.45, 2.75) is 31.7 Å². The zero-order valence-electron chi connectivity index (χ0n) is 8.67. The minimum Gasteiger partial charge on any atom is -0.444 e. The molecule has 0 aliphatic heterocycles. The van der Waals surface area contributed by atoms with Gasteiger partial charge in [0.2, 0.25) is 0 Å². The van der Waals surface area contributed by atoms with Gasteiger partial charge in [0.05, 0.1) is 6.04 Å². The number of nitrogens with zero attached hydrogens (tertiary/aromatic N) is 2. The fourth-order valence-electron chi connectivity index (χ4n) is 1.90. The van der Waals surface area contributed by atoms with Crippen LogP contribution in [0.25, 0.3) is 0 Å². The Hall–Kier alpha value is 0.701. The summed E-state index contributed by atoms with van der Waals surface area (Å²) in [5.41, 5.74) is -0.725. The first-order valence-electron chi connectivity index (χ1n) is 4.82. The summed E-state index contributed by atoms with van der Waals surface area (Å²) in [5, 5.41) is 3.58. The van der Waals surface area contributed by atoms with Crippen molar-refractivity contribution in [3.63, 3.8) is 0 Å². The van der Waals surface area contributed by atoms with Crippen molar-refractivity contribution in [1.29, 1.82) is 0 Å². The largest absolute Gasteiger partial charge is 1.00 e. The number of aromatic nitrogens is 2. The quantitative estimate of drug-likeness (QED) is 0.612. The Labute approximate surface area is 129 Å². The third-order valence-corrected chi connectivity index (χ3v) is 2.66. The van der Waals surface area contributed by atoms with Gasteiger partial charge in [-0.2, -0.15) is 0 Å². The molecule has 0 bridgehead atoms. The van der Waals surface area contributed by atoms with Crippen LogP contribution in [0, 0.1) is 0 Å². The van der Waals surface area contributed by atoms with Crippen molar-refractivity contribution in [2.24, 2.45) is 0 Å². The number of halogens is 3. The molecule has 1 aliphatic carbocycles. The van der Waals surface area contributed by atoms with Gasteiger partial charge in [-0.25, -0.2) is 5.10 Å². The minimum atomic E-state index is -4.94.